The molecule has 0 bridgehead atoms. The van der Waals surface area contributed by atoms with Gasteiger partial charge in [0.25, 0.3) is 0 Å². The number of rotatable bonds is 4. The fourth-order valence-corrected chi connectivity index (χ4v) is 2.24. The smallest absolute Gasteiger partial charge is 0.119 e. The van der Waals surface area contributed by atoms with Crippen molar-refractivity contribution in [1.82, 2.24) is 10.2 Å². The summed E-state index contributed by atoms with van der Waals surface area (Å²) in [6, 6.07) is 8.38. The average Bonchev–Trinajstić information content (AvgIpc) is 2.65. The van der Waals surface area contributed by atoms with Gasteiger partial charge in [0.1, 0.15) is 5.75 Å². The van der Waals surface area contributed by atoms with Crippen LogP contribution in [0.2, 0.25) is 0 Å². The maximum atomic E-state index is 5.24. The zero-order chi connectivity index (χ0) is 11.9. The molecule has 0 atom stereocenters. The van der Waals surface area contributed by atoms with Crippen LogP contribution in [0.4, 0.5) is 0 Å². The second kappa shape index (κ2) is 6.62. The van der Waals surface area contributed by atoms with Gasteiger partial charge in [0.15, 0.2) is 0 Å². The lowest BCUT2D eigenvalue weighted by Gasteiger charge is -2.19. The summed E-state index contributed by atoms with van der Waals surface area (Å²) >= 11 is 0. The zero-order valence-corrected chi connectivity index (χ0v) is 10.6. The molecule has 0 aliphatic carbocycles. The van der Waals surface area contributed by atoms with Crippen LogP contribution in [0.5, 0.6) is 5.75 Å². The fraction of sp³-hybridized carbons (Fsp3) is 0.571. The quantitative estimate of drug-likeness (QED) is 0.855. The molecule has 1 aromatic carbocycles. The highest BCUT2D eigenvalue weighted by Crippen LogP contribution is 2.13. The summed E-state index contributed by atoms with van der Waals surface area (Å²) < 4.78 is 5.24. The van der Waals surface area contributed by atoms with Crippen LogP contribution in [-0.2, 0) is 6.42 Å². The van der Waals surface area contributed by atoms with Crippen molar-refractivity contribution in [3.05, 3.63) is 29.8 Å². The van der Waals surface area contributed by atoms with Crippen molar-refractivity contribution < 1.29 is 4.74 Å². The van der Waals surface area contributed by atoms with Crippen molar-refractivity contribution in [3.63, 3.8) is 0 Å². The third-order valence-electron chi connectivity index (χ3n) is 3.28. The van der Waals surface area contributed by atoms with Gasteiger partial charge in [-0.1, -0.05) is 12.1 Å². The van der Waals surface area contributed by atoms with E-state index in [1.807, 2.05) is 6.07 Å². The van der Waals surface area contributed by atoms with E-state index in [9.17, 15) is 0 Å². The van der Waals surface area contributed by atoms with Gasteiger partial charge in [-0.3, -0.25) is 0 Å². The molecule has 1 aromatic rings. The summed E-state index contributed by atoms with van der Waals surface area (Å²) in [5.74, 6) is 0.958. The van der Waals surface area contributed by atoms with Gasteiger partial charge < -0.3 is 15.0 Å². The molecule has 3 heteroatoms. The van der Waals surface area contributed by atoms with Gasteiger partial charge in [-0.15, -0.1) is 0 Å². The molecule has 0 radical (unpaired) electrons. The van der Waals surface area contributed by atoms with E-state index in [1.165, 1.54) is 25.1 Å². The van der Waals surface area contributed by atoms with Crippen LogP contribution in [0.1, 0.15) is 12.0 Å². The van der Waals surface area contributed by atoms with Gasteiger partial charge in [0, 0.05) is 19.6 Å². The highest BCUT2D eigenvalue weighted by atomic mass is 16.5. The summed E-state index contributed by atoms with van der Waals surface area (Å²) in [6.07, 6.45) is 2.37. The standard InChI is InChI=1S/C14H22N2O/c1-17-14-5-2-4-13(12-14)6-10-16-9-3-7-15-8-11-16/h2,4-5,12,15H,3,6-11H2,1H3. The number of methoxy groups -OCH3 is 1. The number of nitrogens with one attached hydrogen (secondary N) is 1. The Hall–Kier alpha value is -1.06. The predicted octanol–water partition coefficient (Wildman–Crippen LogP) is 1.53. The molecule has 0 aromatic heterocycles. The lowest BCUT2D eigenvalue weighted by atomic mass is 10.1. The van der Waals surface area contributed by atoms with Crippen molar-refractivity contribution in [2.75, 3.05) is 39.8 Å². The van der Waals surface area contributed by atoms with Crippen LogP contribution in [0, 0.1) is 0 Å². The first-order valence-electron chi connectivity index (χ1n) is 6.44. The van der Waals surface area contributed by atoms with E-state index in [0.717, 1.165) is 31.8 Å². The monoisotopic (exact) mass is 234 g/mol. The average molecular weight is 234 g/mol. The Morgan fingerprint density at radius 3 is 3.12 bits per heavy atom. The van der Waals surface area contributed by atoms with Crippen LogP contribution < -0.4 is 10.1 Å². The van der Waals surface area contributed by atoms with Crippen molar-refractivity contribution in [1.29, 1.82) is 0 Å². The van der Waals surface area contributed by atoms with E-state index in [1.54, 1.807) is 7.11 Å². The minimum absolute atomic E-state index is 0.958. The van der Waals surface area contributed by atoms with Crippen LogP contribution in [0.3, 0.4) is 0 Å². The molecule has 0 spiro atoms. The van der Waals surface area contributed by atoms with Crippen LogP contribution in [0.25, 0.3) is 0 Å². The summed E-state index contributed by atoms with van der Waals surface area (Å²) in [4.78, 5) is 2.54. The second-order valence-corrected chi connectivity index (χ2v) is 4.55. The molecule has 0 saturated carbocycles. The molecule has 2 rings (SSSR count). The molecular weight excluding hydrogens is 212 g/mol. The predicted molar refractivity (Wildman–Crippen MR) is 70.6 cm³/mol. The molecule has 1 heterocycles. The van der Waals surface area contributed by atoms with Crippen molar-refractivity contribution in [3.8, 4) is 5.75 Å². The fourth-order valence-electron chi connectivity index (χ4n) is 2.24. The van der Waals surface area contributed by atoms with Crippen LogP contribution in [-0.4, -0.2) is 44.7 Å². The first-order chi connectivity index (χ1) is 8.38. The van der Waals surface area contributed by atoms with Crippen molar-refractivity contribution in [2.45, 2.75) is 12.8 Å². The molecule has 17 heavy (non-hydrogen) atoms. The highest BCUT2D eigenvalue weighted by Gasteiger charge is 2.08. The summed E-state index contributed by atoms with van der Waals surface area (Å²) in [5.41, 5.74) is 1.36. The van der Waals surface area contributed by atoms with Crippen molar-refractivity contribution in [2.24, 2.45) is 0 Å². The third kappa shape index (κ3) is 4.02. The molecule has 0 amide bonds. The van der Waals surface area contributed by atoms with E-state index in [4.69, 9.17) is 4.74 Å². The van der Waals surface area contributed by atoms with Gasteiger partial charge in [0.05, 0.1) is 7.11 Å². The largest absolute Gasteiger partial charge is 0.497 e. The molecule has 94 valence electrons. The maximum absolute atomic E-state index is 5.24. The van der Waals surface area contributed by atoms with Gasteiger partial charge in [-0.2, -0.15) is 0 Å². The SMILES string of the molecule is COc1cccc(CCN2CCCNCC2)c1. The minimum atomic E-state index is 0.958. The number of benzene rings is 1. The highest BCUT2D eigenvalue weighted by molar-refractivity contribution is 5.28. The van der Waals surface area contributed by atoms with Gasteiger partial charge in [0.2, 0.25) is 0 Å². The van der Waals surface area contributed by atoms with Crippen molar-refractivity contribution >= 4 is 0 Å². The van der Waals surface area contributed by atoms with Gasteiger partial charge in [-0.05, 0) is 43.6 Å². The zero-order valence-electron chi connectivity index (χ0n) is 10.6. The molecule has 1 fully saturated rings. The summed E-state index contributed by atoms with van der Waals surface area (Å²) in [7, 11) is 1.72. The van der Waals surface area contributed by atoms with E-state index in [-0.39, 0.29) is 0 Å². The first kappa shape index (κ1) is 12.4. The molecule has 1 aliphatic heterocycles. The number of ether oxygens (including phenoxy) is 1. The number of hydrogen-bond acceptors (Lipinski definition) is 3. The Bertz CT molecular complexity index is 333. The van der Waals surface area contributed by atoms with Gasteiger partial charge >= 0.3 is 0 Å². The Labute approximate surface area is 104 Å². The van der Waals surface area contributed by atoms with Crippen LogP contribution in [0.15, 0.2) is 24.3 Å². The lowest BCUT2D eigenvalue weighted by Crippen LogP contribution is -2.30. The number of nitrogens with zero attached hydrogens (tertiary/aromatic N) is 1. The molecule has 1 N–H and O–H groups in total. The van der Waals surface area contributed by atoms with Crippen LogP contribution >= 0.6 is 0 Å². The van der Waals surface area contributed by atoms with E-state index < -0.39 is 0 Å². The Morgan fingerprint density at radius 2 is 2.24 bits per heavy atom. The Balaban J connectivity index is 1.83. The van der Waals surface area contributed by atoms with E-state index in [0.29, 0.717) is 0 Å². The Kier molecular flexibility index (Phi) is 4.83. The molecular formula is C14H22N2O. The molecule has 1 saturated heterocycles. The molecule has 0 unspecified atom stereocenters. The molecule has 3 nitrogen and oxygen atoms in total. The first-order valence-corrected chi connectivity index (χ1v) is 6.44. The lowest BCUT2D eigenvalue weighted by molar-refractivity contribution is 0.296. The summed E-state index contributed by atoms with van der Waals surface area (Å²) in [6.45, 7) is 5.82. The number of hydrogen-bond donors (Lipinski definition) is 1. The topological polar surface area (TPSA) is 24.5 Å². The van der Waals surface area contributed by atoms with E-state index >= 15 is 0 Å². The van der Waals surface area contributed by atoms with Gasteiger partial charge in [-0.25, -0.2) is 0 Å². The summed E-state index contributed by atoms with van der Waals surface area (Å²) in [5, 5.41) is 3.43. The molecule has 1 aliphatic rings. The third-order valence-corrected chi connectivity index (χ3v) is 3.28. The Morgan fingerprint density at radius 1 is 1.29 bits per heavy atom. The second-order valence-electron chi connectivity index (χ2n) is 4.55. The maximum Gasteiger partial charge on any atom is 0.119 e. The normalized spacial score (nSPS) is 17.7. The minimum Gasteiger partial charge on any atom is -0.497 e. The van der Waals surface area contributed by atoms with E-state index in [2.05, 4.69) is 28.4 Å².